The Morgan fingerprint density at radius 1 is 1.21 bits per heavy atom. The highest BCUT2D eigenvalue weighted by Crippen LogP contribution is 2.32. The van der Waals surface area contributed by atoms with Gasteiger partial charge in [-0.25, -0.2) is 4.79 Å². The summed E-state index contributed by atoms with van der Waals surface area (Å²) in [6.07, 6.45) is 4.17. The predicted octanol–water partition coefficient (Wildman–Crippen LogP) is 1.51. The number of aliphatic carboxylic acids is 1. The second-order valence-corrected chi connectivity index (χ2v) is 5.89. The topological polar surface area (TPSA) is 66.8 Å². The van der Waals surface area contributed by atoms with Crippen LogP contribution >= 0.6 is 0 Å². The molecule has 1 saturated heterocycles. The molecule has 0 radical (unpaired) electrons. The van der Waals surface area contributed by atoms with Crippen LogP contribution in [0.25, 0.3) is 0 Å². The number of methoxy groups -OCH3 is 1. The van der Waals surface area contributed by atoms with Crippen molar-refractivity contribution in [2.24, 2.45) is 11.8 Å². The van der Waals surface area contributed by atoms with Crippen LogP contribution in [-0.4, -0.2) is 47.7 Å². The molecule has 2 rings (SSSR count). The summed E-state index contributed by atoms with van der Waals surface area (Å²) in [4.78, 5) is 25.3. The molecule has 2 unspecified atom stereocenters. The maximum atomic E-state index is 12.5. The third-order valence-electron chi connectivity index (χ3n) is 4.53. The van der Waals surface area contributed by atoms with Crippen molar-refractivity contribution in [3.05, 3.63) is 0 Å². The lowest BCUT2D eigenvalue weighted by atomic mass is 9.82. The molecule has 1 heterocycles. The van der Waals surface area contributed by atoms with Crippen LogP contribution in [0, 0.1) is 11.8 Å². The molecule has 0 aromatic heterocycles. The molecule has 1 N–H and O–H groups in total. The van der Waals surface area contributed by atoms with Crippen molar-refractivity contribution in [3.8, 4) is 0 Å². The maximum absolute atomic E-state index is 12.5. The summed E-state index contributed by atoms with van der Waals surface area (Å²) in [5, 5.41) is 9.24. The molecular weight excluding hydrogens is 246 g/mol. The predicted molar refractivity (Wildman–Crippen MR) is 69.7 cm³/mol. The molecule has 108 valence electrons. The number of hydrogen-bond donors (Lipinski definition) is 1. The van der Waals surface area contributed by atoms with Gasteiger partial charge in [-0.3, -0.25) is 4.79 Å². The van der Waals surface area contributed by atoms with Gasteiger partial charge in [-0.2, -0.15) is 0 Å². The second-order valence-electron chi connectivity index (χ2n) is 5.89. The fourth-order valence-corrected chi connectivity index (χ4v) is 3.19. The SMILES string of the molecule is COC1CC(C(=O)O)N(C(=O)C2CCC(C)CC2)C1. The number of carbonyl (C=O) groups excluding carboxylic acids is 1. The molecule has 0 aromatic carbocycles. The fraction of sp³-hybridized carbons (Fsp3) is 0.857. The zero-order valence-electron chi connectivity index (χ0n) is 11.7. The van der Waals surface area contributed by atoms with Gasteiger partial charge >= 0.3 is 5.97 Å². The highest BCUT2D eigenvalue weighted by atomic mass is 16.5. The van der Waals surface area contributed by atoms with Gasteiger partial charge in [0.25, 0.3) is 0 Å². The number of hydrogen-bond acceptors (Lipinski definition) is 3. The van der Waals surface area contributed by atoms with Crippen molar-refractivity contribution in [3.63, 3.8) is 0 Å². The lowest BCUT2D eigenvalue weighted by molar-refractivity contribution is -0.150. The summed E-state index contributed by atoms with van der Waals surface area (Å²) in [5.41, 5.74) is 0. The van der Waals surface area contributed by atoms with E-state index in [-0.39, 0.29) is 17.9 Å². The molecule has 2 aliphatic rings. The van der Waals surface area contributed by atoms with Gasteiger partial charge in [0.2, 0.25) is 5.91 Å². The average Bonchev–Trinajstić information content (AvgIpc) is 2.83. The van der Waals surface area contributed by atoms with Gasteiger partial charge in [0.15, 0.2) is 0 Å². The first kappa shape index (κ1) is 14.3. The van der Waals surface area contributed by atoms with E-state index in [0.29, 0.717) is 18.9 Å². The molecule has 1 saturated carbocycles. The Balaban J connectivity index is 2.02. The van der Waals surface area contributed by atoms with Crippen molar-refractivity contribution in [2.45, 2.75) is 51.2 Å². The van der Waals surface area contributed by atoms with E-state index in [0.717, 1.165) is 25.7 Å². The Kier molecular flexibility index (Phi) is 4.45. The Morgan fingerprint density at radius 2 is 1.84 bits per heavy atom. The molecular formula is C14H23NO4. The minimum Gasteiger partial charge on any atom is -0.480 e. The van der Waals surface area contributed by atoms with Gasteiger partial charge in [0, 0.05) is 26.0 Å². The summed E-state index contributed by atoms with van der Waals surface area (Å²) >= 11 is 0. The monoisotopic (exact) mass is 269 g/mol. The Labute approximate surface area is 113 Å². The number of carboxylic acids is 1. The third kappa shape index (κ3) is 3.08. The minimum atomic E-state index is -0.919. The van der Waals surface area contributed by atoms with Crippen LogP contribution in [0.15, 0.2) is 0 Å². The van der Waals surface area contributed by atoms with Gasteiger partial charge in [0.1, 0.15) is 6.04 Å². The quantitative estimate of drug-likeness (QED) is 0.843. The van der Waals surface area contributed by atoms with Gasteiger partial charge < -0.3 is 14.7 Å². The highest BCUT2D eigenvalue weighted by Gasteiger charge is 2.42. The highest BCUT2D eigenvalue weighted by molar-refractivity contribution is 5.86. The molecule has 1 aliphatic carbocycles. The minimum absolute atomic E-state index is 0.00801. The van der Waals surface area contributed by atoms with Crippen molar-refractivity contribution < 1.29 is 19.4 Å². The summed E-state index contributed by atoms with van der Waals surface area (Å²) in [6, 6.07) is -0.711. The Hall–Kier alpha value is -1.10. The third-order valence-corrected chi connectivity index (χ3v) is 4.53. The van der Waals surface area contributed by atoms with Crippen LogP contribution in [0.2, 0.25) is 0 Å². The first-order valence-electron chi connectivity index (χ1n) is 7.09. The van der Waals surface area contributed by atoms with E-state index in [1.807, 2.05) is 0 Å². The van der Waals surface area contributed by atoms with E-state index in [2.05, 4.69) is 6.92 Å². The van der Waals surface area contributed by atoms with E-state index in [1.165, 1.54) is 4.90 Å². The van der Waals surface area contributed by atoms with Gasteiger partial charge in [-0.05, 0) is 31.6 Å². The van der Waals surface area contributed by atoms with E-state index in [9.17, 15) is 14.7 Å². The van der Waals surface area contributed by atoms with Gasteiger partial charge in [-0.15, -0.1) is 0 Å². The summed E-state index contributed by atoms with van der Waals surface area (Å²) in [5.74, 6) is -0.214. The first-order chi connectivity index (χ1) is 9.02. The van der Waals surface area contributed by atoms with Crippen LogP contribution in [0.3, 0.4) is 0 Å². The number of carboxylic acid groups (broad SMARTS) is 1. The molecule has 1 amide bonds. The van der Waals surface area contributed by atoms with Gasteiger partial charge in [-0.1, -0.05) is 6.92 Å². The Morgan fingerprint density at radius 3 is 2.37 bits per heavy atom. The number of likely N-dealkylation sites (tertiary alicyclic amines) is 1. The zero-order valence-corrected chi connectivity index (χ0v) is 11.7. The summed E-state index contributed by atoms with van der Waals surface area (Å²) in [6.45, 7) is 2.62. The molecule has 0 spiro atoms. The molecule has 2 atom stereocenters. The lowest BCUT2D eigenvalue weighted by Gasteiger charge is -2.30. The fourth-order valence-electron chi connectivity index (χ4n) is 3.19. The number of amides is 1. The molecule has 0 bridgehead atoms. The molecule has 2 fully saturated rings. The van der Waals surface area contributed by atoms with E-state index < -0.39 is 12.0 Å². The van der Waals surface area contributed by atoms with E-state index in [1.54, 1.807) is 7.11 Å². The van der Waals surface area contributed by atoms with E-state index >= 15 is 0 Å². The van der Waals surface area contributed by atoms with Crippen molar-refractivity contribution in [1.82, 2.24) is 4.90 Å². The number of ether oxygens (including phenoxy) is 1. The first-order valence-corrected chi connectivity index (χ1v) is 7.09. The molecule has 19 heavy (non-hydrogen) atoms. The number of rotatable bonds is 3. The molecule has 5 heteroatoms. The number of nitrogens with zero attached hydrogens (tertiary/aromatic N) is 1. The molecule has 0 aromatic rings. The van der Waals surface area contributed by atoms with Crippen molar-refractivity contribution in [2.75, 3.05) is 13.7 Å². The number of carbonyl (C=O) groups is 2. The summed E-state index contributed by atoms with van der Waals surface area (Å²) in [7, 11) is 1.57. The van der Waals surface area contributed by atoms with Gasteiger partial charge in [0.05, 0.1) is 6.10 Å². The van der Waals surface area contributed by atoms with Crippen molar-refractivity contribution >= 4 is 11.9 Å². The smallest absolute Gasteiger partial charge is 0.326 e. The zero-order chi connectivity index (χ0) is 14.0. The van der Waals surface area contributed by atoms with Crippen molar-refractivity contribution in [1.29, 1.82) is 0 Å². The maximum Gasteiger partial charge on any atom is 0.326 e. The summed E-state index contributed by atoms with van der Waals surface area (Å²) < 4.78 is 5.22. The van der Waals surface area contributed by atoms with E-state index in [4.69, 9.17) is 4.74 Å². The average molecular weight is 269 g/mol. The second kappa shape index (κ2) is 5.90. The van der Waals surface area contributed by atoms with Crippen LogP contribution in [-0.2, 0) is 14.3 Å². The molecule has 1 aliphatic heterocycles. The van der Waals surface area contributed by atoms with Crippen LogP contribution in [0.1, 0.15) is 39.0 Å². The Bertz CT molecular complexity index is 349. The van der Waals surface area contributed by atoms with Crippen LogP contribution in [0.5, 0.6) is 0 Å². The van der Waals surface area contributed by atoms with Crippen LogP contribution < -0.4 is 0 Å². The van der Waals surface area contributed by atoms with Crippen LogP contribution in [0.4, 0.5) is 0 Å². The molecule has 5 nitrogen and oxygen atoms in total. The largest absolute Gasteiger partial charge is 0.480 e. The normalized spacial score (nSPS) is 35.4. The standard InChI is InChI=1S/C14H23NO4/c1-9-3-5-10(6-4-9)13(16)15-8-11(19-2)7-12(15)14(17)18/h9-12H,3-8H2,1-2H3,(H,17,18). The lowest BCUT2D eigenvalue weighted by Crippen LogP contribution is -2.44.